The normalized spacial score (nSPS) is 20.2. The third kappa shape index (κ3) is 2.88. The first-order chi connectivity index (χ1) is 9.84. The second kappa shape index (κ2) is 6.15. The fraction of sp³-hybridized carbons (Fsp3) is 0.462. The molecule has 0 aromatic carbocycles. The van der Waals surface area contributed by atoms with E-state index < -0.39 is 0 Å². The maximum Gasteiger partial charge on any atom is 0.189 e. The number of hydrogen-bond acceptors (Lipinski definition) is 5. The van der Waals surface area contributed by atoms with Crippen molar-refractivity contribution < 1.29 is 9.47 Å². The van der Waals surface area contributed by atoms with Crippen LogP contribution in [-0.2, 0) is 4.74 Å². The van der Waals surface area contributed by atoms with Crippen LogP contribution in [0, 0.1) is 0 Å². The lowest BCUT2D eigenvalue weighted by atomic mass is 10.1. The Kier molecular flexibility index (Phi) is 4.08. The van der Waals surface area contributed by atoms with Crippen molar-refractivity contribution in [2.45, 2.75) is 6.42 Å². The summed E-state index contributed by atoms with van der Waals surface area (Å²) >= 11 is 5.34. The zero-order chi connectivity index (χ0) is 13.8. The van der Waals surface area contributed by atoms with Crippen molar-refractivity contribution in [1.29, 1.82) is 0 Å². The average molecular weight is 292 g/mol. The predicted molar refractivity (Wildman–Crippen MR) is 79.0 cm³/mol. The van der Waals surface area contributed by atoms with Gasteiger partial charge in [-0.2, -0.15) is 5.10 Å². The lowest BCUT2D eigenvalue weighted by molar-refractivity contribution is 0.0677. The molecule has 1 fully saturated rings. The topological polar surface area (TPSA) is 59.0 Å². The summed E-state index contributed by atoms with van der Waals surface area (Å²) in [5.74, 6) is 0.775. The number of nitrogens with one attached hydrogen (secondary N) is 1. The van der Waals surface area contributed by atoms with Crippen LogP contribution in [-0.4, -0.2) is 53.6 Å². The van der Waals surface area contributed by atoms with Crippen LogP contribution in [0.2, 0.25) is 0 Å². The molecule has 0 amide bonds. The Hall–Kier alpha value is -1.73. The number of ether oxygens (including phenoxy) is 2. The Labute approximate surface area is 122 Å². The van der Waals surface area contributed by atoms with Gasteiger partial charge in [0, 0.05) is 25.7 Å². The summed E-state index contributed by atoms with van der Waals surface area (Å²) in [5.41, 5.74) is 4.62. The van der Waals surface area contributed by atoms with Crippen LogP contribution in [0.3, 0.4) is 0 Å². The summed E-state index contributed by atoms with van der Waals surface area (Å²) < 4.78 is 10.8. The molecule has 106 valence electrons. The molecule has 0 atom stereocenters. The molecule has 2 aliphatic rings. The number of rotatable bonds is 1. The van der Waals surface area contributed by atoms with Crippen LogP contribution >= 0.6 is 12.2 Å². The van der Waals surface area contributed by atoms with Crippen molar-refractivity contribution in [3.05, 3.63) is 24.0 Å². The number of thiocarbonyl (C=S) groups is 1. The fourth-order valence-corrected chi connectivity index (χ4v) is 2.39. The van der Waals surface area contributed by atoms with Gasteiger partial charge in [-0.05, 0) is 24.4 Å². The Morgan fingerprint density at radius 1 is 1.35 bits per heavy atom. The molecule has 20 heavy (non-hydrogen) atoms. The lowest BCUT2D eigenvalue weighted by Gasteiger charge is -2.28. The monoisotopic (exact) mass is 292 g/mol. The highest BCUT2D eigenvalue weighted by Gasteiger charge is 2.18. The minimum absolute atomic E-state index is 0.615. The molecular weight excluding hydrogens is 276 g/mol. The van der Waals surface area contributed by atoms with Crippen LogP contribution < -0.4 is 10.2 Å². The second-order valence-corrected chi connectivity index (χ2v) is 4.91. The molecular formula is C13H16N4O2S. The van der Waals surface area contributed by atoms with E-state index >= 15 is 0 Å². The Bertz CT molecular complexity index is 529. The van der Waals surface area contributed by atoms with Gasteiger partial charge in [0.2, 0.25) is 0 Å². The molecule has 1 aromatic heterocycles. The van der Waals surface area contributed by atoms with E-state index in [-0.39, 0.29) is 0 Å². The maximum absolute atomic E-state index is 5.55. The number of hydrogen-bond donors (Lipinski definition) is 1. The summed E-state index contributed by atoms with van der Waals surface area (Å²) in [7, 11) is 0. The lowest BCUT2D eigenvalue weighted by Crippen LogP contribution is -2.44. The molecule has 0 saturated carbocycles. The van der Waals surface area contributed by atoms with Crippen LogP contribution in [0.1, 0.15) is 12.1 Å². The molecule has 7 heteroatoms. The molecule has 0 radical (unpaired) electrons. The number of nitrogens with zero attached hydrogens (tertiary/aromatic N) is 3. The average Bonchev–Trinajstić information content (AvgIpc) is 2.53. The van der Waals surface area contributed by atoms with Gasteiger partial charge in [0.05, 0.1) is 25.5 Å². The number of hydrazone groups is 1. The van der Waals surface area contributed by atoms with Crippen molar-refractivity contribution in [3.8, 4) is 5.75 Å². The van der Waals surface area contributed by atoms with Crippen molar-refractivity contribution in [1.82, 2.24) is 15.3 Å². The number of aromatic nitrogens is 1. The zero-order valence-corrected chi connectivity index (χ0v) is 11.9. The summed E-state index contributed by atoms with van der Waals surface area (Å²) in [6.45, 7) is 3.63. The summed E-state index contributed by atoms with van der Waals surface area (Å²) in [4.78, 5) is 6.38. The highest BCUT2D eigenvalue weighted by Crippen LogP contribution is 2.21. The molecule has 6 nitrogen and oxygen atoms in total. The fourth-order valence-electron chi connectivity index (χ4n) is 2.16. The van der Waals surface area contributed by atoms with Crippen LogP contribution in [0.25, 0.3) is 0 Å². The first-order valence-electron chi connectivity index (χ1n) is 6.62. The number of pyridine rings is 1. The van der Waals surface area contributed by atoms with Gasteiger partial charge in [-0.3, -0.25) is 10.4 Å². The van der Waals surface area contributed by atoms with E-state index in [0.29, 0.717) is 24.9 Å². The van der Waals surface area contributed by atoms with E-state index in [1.807, 2.05) is 12.1 Å². The molecule has 3 rings (SSSR count). The third-order valence-electron chi connectivity index (χ3n) is 3.23. The quantitative estimate of drug-likeness (QED) is 0.609. The molecule has 3 heterocycles. The second-order valence-electron chi connectivity index (χ2n) is 4.52. The molecule has 0 aliphatic carbocycles. The van der Waals surface area contributed by atoms with E-state index in [1.165, 1.54) is 0 Å². The molecule has 2 aliphatic heterocycles. The number of morpholine rings is 1. The third-order valence-corrected chi connectivity index (χ3v) is 3.57. The van der Waals surface area contributed by atoms with Crippen molar-refractivity contribution in [2.75, 3.05) is 32.9 Å². The smallest absolute Gasteiger partial charge is 0.189 e. The van der Waals surface area contributed by atoms with Crippen molar-refractivity contribution in [2.24, 2.45) is 5.10 Å². The van der Waals surface area contributed by atoms with Crippen LogP contribution in [0.4, 0.5) is 0 Å². The predicted octanol–water partition coefficient (Wildman–Crippen LogP) is 0.775. The van der Waals surface area contributed by atoms with Gasteiger partial charge in [-0.25, -0.2) is 0 Å². The van der Waals surface area contributed by atoms with Gasteiger partial charge in [-0.1, -0.05) is 0 Å². The molecule has 0 unspecified atom stereocenters. The zero-order valence-electron chi connectivity index (χ0n) is 11.0. The molecule has 0 bridgehead atoms. The van der Waals surface area contributed by atoms with E-state index in [0.717, 1.165) is 36.7 Å². The largest absolute Gasteiger partial charge is 0.491 e. The van der Waals surface area contributed by atoms with Crippen LogP contribution in [0.5, 0.6) is 5.75 Å². The Balaban J connectivity index is 1.69. The van der Waals surface area contributed by atoms with Crippen molar-refractivity contribution >= 4 is 23.0 Å². The minimum Gasteiger partial charge on any atom is -0.491 e. The number of fused-ring (bicyclic) bond motifs is 1. The minimum atomic E-state index is 0.615. The Morgan fingerprint density at radius 3 is 3.05 bits per heavy atom. The molecule has 1 saturated heterocycles. The summed E-state index contributed by atoms with van der Waals surface area (Å²) in [5, 5.41) is 5.03. The molecule has 1 N–H and O–H groups in total. The maximum atomic E-state index is 5.55. The Morgan fingerprint density at radius 2 is 2.20 bits per heavy atom. The van der Waals surface area contributed by atoms with Gasteiger partial charge in [0.25, 0.3) is 0 Å². The summed E-state index contributed by atoms with van der Waals surface area (Å²) in [6, 6.07) is 3.75. The van der Waals surface area contributed by atoms with Gasteiger partial charge < -0.3 is 14.4 Å². The SMILES string of the molecule is S=C(N/N=C1/CCOc2cccnc21)N1CCOCC1. The van der Waals surface area contributed by atoms with E-state index in [4.69, 9.17) is 21.7 Å². The van der Waals surface area contributed by atoms with Gasteiger partial charge >= 0.3 is 0 Å². The first kappa shape index (κ1) is 13.3. The van der Waals surface area contributed by atoms with Gasteiger partial charge in [-0.15, -0.1) is 0 Å². The van der Waals surface area contributed by atoms with E-state index in [2.05, 4.69) is 20.4 Å². The highest BCUT2D eigenvalue weighted by molar-refractivity contribution is 7.80. The van der Waals surface area contributed by atoms with E-state index in [9.17, 15) is 0 Å². The molecule has 1 aromatic rings. The first-order valence-corrected chi connectivity index (χ1v) is 7.03. The standard InChI is InChI=1S/C13H16N4O2S/c20-13(17-5-8-18-9-6-17)16-15-10-3-7-19-11-2-1-4-14-12(10)11/h1-2,4H,3,5-9H2,(H,16,20)/b15-10-. The van der Waals surface area contributed by atoms with Gasteiger partial charge in [0.15, 0.2) is 5.11 Å². The van der Waals surface area contributed by atoms with Crippen molar-refractivity contribution in [3.63, 3.8) is 0 Å². The molecule has 0 spiro atoms. The summed E-state index contributed by atoms with van der Waals surface area (Å²) in [6.07, 6.45) is 2.46. The van der Waals surface area contributed by atoms with Crippen LogP contribution in [0.15, 0.2) is 23.4 Å². The van der Waals surface area contributed by atoms with E-state index in [1.54, 1.807) is 6.20 Å². The highest BCUT2D eigenvalue weighted by atomic mass is 32.1. The van der Waals surface area contributed by atoms with Gasteiger partial charge in [0.1, 0.15) is 11.4 Å².